The Labute approximate surface area is 166 Å². The summed E-state index contributed by atoms with van der Waals surface area (Å²) in [5, 5.41) is 15.9. The molecule has 9 heteroatoms. The summed E-state index contributed by atoms with van der Waals surface area (Å²) >= 11 is 0. The van der Waals surface area contributed by atoms with E-state index in [1.165, 1.54) is 12.1 Å². The summed E-state index contributed by atoms with van der Waals surface area (Å²) in [4.78, 5) is 12.5. The normalized spacial score (nSPS) is 22.2. The maximum atomic E-state index is 13.2. The molecule has 4 rings (SSSR count). The average molecular weight is 413 g/mol. The number of piperidine rings is 1. The molecule has 2 aliphatic heterocycles. The predicted octanol–water partition coefficient (Wildman–Crippen LogP) is 2.55. The number of fused-ring (bicyclic) bond motifs is 1. The van der Waals surface area contributed by atoms with Gasteiger partial charge in [-0.15, -0.1) is 21.2 Å². The number of halogens is 3. The van der Waals surface area contributed by atoms with Crippen molar-refractivity contribution in [3.05, 3.63) is 48.0 Å². The van der Waals surface area contributed by atoms with Crippen molar-refractivity contribution in [2.24, 2.45) is 0 Å². The van der Waals surface area contributed by atoms with Gasteiger partial charge in [-0.3, -0.25) is 4.79 Å². The molecule has 1 saturated heterocycles. The second-order valence-electron chi connectivity index (χ2n) is 6.55. The van der Waals surface area contributed by atoms with Crippen LogP contribution in [-0.4, -0.2) is 42.5 Å². The molecule has 6 nitrogen and oxygen atoms in total. The number of amides is 1. The summed E-state index contributed by atoms with van der Waals surface area (Å²) in [7, 11) is 0. The zero-order chi connectivity index (χ0) is 19.0. The molecule has 0 aliphatic carbocycles. The monoisotopic (exact) mass is 412 g/mol. The van der Waals surface area contributed by atoms with Gasteiger partial charge in [0.2, 0.25) is 0 Å². The van der Waals surface area contributed by atoms with Crippen molar-refractivity contribution >= 4 is 18.3 Å². The number of benzene rings is 2. The van der Waals surface area contributed by atoms with Crippen molar-refractivity contribution in [1.29, 1.82) is 0 Å². The topological polar surface area (TPSA) is 79.8 Å². The van der Waals surface area contributed by atoms with Gasteiger partial charge in [0.15, 0.2) is 11.5 Å². The van der Waals surface area contributed by atoms with E-state index in [0.29, 0.717) is 29.7 Å². The average Bonchev–Trinajstić information content (AvgIpc) is 2.96. The predicted molar refractivity (Wildman–Crippen MR) is 100 cm³/mol. The third-order valence-corrected chi connectivity index (χ3v) is 4.63. The molecule has 1 amide bonds. The second-order valence-corrected chi connectivity index (χ2v) is 6.55. The van der Waals surface area contributed by atoms with E-state index in [4.69, 9.17) is 0 Å². The highest BCUT2D eigenvalue weighted by Gasteiger charge is 2.43. The molecule has 0 aromatic heterocycles. The van der Waals surface area contributed by atoms with Gasteiger partial charge in [0.1, 0.15) is 0 Å². The quantitative estimate of drug-likeness (QED) is 0.722. The van der Waals surface area contributed by atoms with Crippen LogP contribution in [0.3, 0.4) is 0 Å². The van der Waals surface area contributed by atoms with E-state index in [9.17, 15) is 18.7 Å². The molecule has 0 spiro atoms. The van der Waals surface area contributed by atoms with Crippen molar-refractivity contribution in [3.63, 3.8) is 0 Å². The Morgan fingerprint density at radius 2 is 1.89 bits per heavy atom. The SMILES string of the molecule is Cl.O=C(N[C@@H]1CCNC[C@H]1O)c1cccc(-c2ccc3c(c2)OC(F)(F)O3)c1. The molecule has 0 bridgehead atoms. The summed E-state index contributed by atoms with van der Waals surface area (Å²) in [6, 6.07) is 11.0. The second kappa shape index (κ2) is 7.90. The van der Waals surface area contributed by atoms with E-state index < -0.39 is 12.4 Å². The van der Waals surface area contributed by atoms with Crippen LogP contribution in [0.4, 0.5) is 8.78 Å². The molecule has 150 valence electrons. The van der Waals surface area contributed by atoms with Crippen molar-refractivity contribution in [2.75, 3.05) is 13.1 Å². The van der Waals surface area contributed by atoms with Crippen LogP contribution in [-0.2, 0) is 0 Å². The van der Waals surface area contributed by atoms with Crippen LogP contribution in [0, 0.1) is 0 Å². The maximum absolute atomic E-state index is 13.2. The van der Waals surface area contributed by atoms with Gasteiger partial charge in [0.25, 0.3) is 5.91 Å². The van der Waals surface area contributed by atoms with Gasteiger partial charge in [-0.1, -0.05) is 18.2 Å². The van der Waals surface area contributed by atoms with Crippen molar-refractivity contribution < 1.29 is 28.2 Å². The minimum atomic E-state index is -3.67. The minimum Gasteiger partial charge on any atom is -0.395 e. The lowest BCUT2D eigenvalue weighted by molar-refractivity contribution is -0.286. The van der Waals surface area contributed by atoms with Gasteiger partial charge in [-0.25, -0.2) is 0 Å². The molecular formula is C19H19ClF2N2O4. The smallest absolute Gasteiger partial charge is 0.395 e. The third-order valence-electron chi connectivity index (χ3n) is 4.63. The summed E-state index contributed by atoms with van der Waals surface area (Å²) in [6.45, 7) is 1.16. The first-order valence-electron chi connectivity index (χ1n) is 8.61. The lowest BCUT2D eigenvalue weighted by Crippen LogP contribution is -2.52. The van der Waals surface area contributed by atoms with Crippen LogP contribution < -0.4 is 20.1 Å². The van der Waals surface area contributed by atoms with Gasteiger partial charge in [-0.2, -0.15) is 0 Å². The first kappa shape index (κ1) is 20.3. The van der Waals surface area contributed by atoms with E-state index in [2.05, 4.69) is 20.1 Å². The highest BCUT2D eigenvalue weighted by molar-refractivity contribution is 5.95. The zero-order valence-corrected chi connectivity index (χ0v) is 15.5. The number of aliphatic hydroxyl groups is 1. The Morgan fingerprint density at radius 3 is 2.68 bits per heavy atom. The third kappa shape index (κ3) is 4.19. The first-order valence-corrected chi connectivity index (χ1v) is 8.61. The summed E-state index contributed by atoms with van der Waals surface area (Å²) < 4.78 is 35.2. The molecule has 0 unspecified atom stereocenters. The number of carbonyl (C=O) groups is 1. The Hall–Kier alpha value is -2.42. The number of ether oxygens (including phenoxy) is 2. The number of hydrogen-bond donors (Lipinski definition) is 3. The molecule has 2 aromatic rings. The number of carbonyl (C=O) groups excluding carboxylic acids is 1. The van der Waals surface area contributed by atoms with Crippen LogP contribution in [0.5, 0.6) is 11.5 Å². The van der Waals surface area contributed by atoms with Crippen molar-refractivity contribution in [3.8, 4) is 22.6 Å². The van der Waals surface area contributed by atoms with Crippen molar-refractivity contribution in [2.45, 2.75) is 24.9 Å². The van der Waals surface area contributed by atoms with Crippen LogP contribution in [0.15, 0.2) is 42.5 Å². The van der Waals surface area contributed by atoms with Gasteiger partial charge in [0.05, 0.1) is 12.1 Å². The Kier molecular flexibility index (Phi) is 5.74. The zero-order valence-electron chi connectivity index (χ0n) is 14.7. The molecule has 2 heterocycles. The molecule has 2 aliphatic rings. The Balaban J connectivity index is 0.00000225. The van der Waals surface area contributed by atoms with E-state index in [1.807, 2.05) is 0 Å². The fraction of sp³-hybridized carbons (Fsp3) is 0.316. The fourth-order valence-corrected chi connectivity index (χ4v) is 3.23. The van der Waals surface area contributed by atoms with Crippen LogP contribution in [0.1, 0.15) is 16.8 Å². The Morgan fingerprint density at radius 1 is 1.14 bits per heavy atom. The molecular weight excluding hydrogens is 394 g/mol. The van der Waals surface area contributed by atoms with Gasteiger partial charge >= 0.3 is 6.29 Å². The number of alkyl halides is 2. The number of β-amino-alcohol motifs (C(OH)–C–C–N with tert-alkyl or cyclic N) is 1. The standard InChI is InChI=1S/C19H18F2N2O4.ClH/c20-19(21)26-16-5-4-12(9-17(16)27-19)11-2-1-3-13(8-11)18(25)23-14-6-7-22-10-15(14)24;/h1-5,8-9,14-15,22,24H,6-7,10H2,(H,23,25);1H/t14-,15-;/m1./s1. The lowest BCUT2D eigenvalue weighted by Gasteiger charge is -2.29. The minimum absolute atomic E-state index is 0. The number of rotatable bonds is 3. The number of hydrogen-bond acceptors (Lipinski definition) is 5. The molecule has 0 radical (unpaired) electrons. The first-order chi connectivity index (χ1) is 12.9. The molecule has 0 saturated carbocycles. The van der Waals surface area contributed by atoms with E-state index >= 15 is 0 Å². The molecule has 1 fully saturated rings. The largest absolute Gasteiger partial charge is 0.586 e. The molecule has 2 atom stereocenters. The van der Waals surface area contributed by atoms with Gasteiger partial charge in [0, 0.05) is 12.1 Å². The molecule has 28 heavy (non-hydrogen) atoms. The Bertz CT molecular complexity index is 881. The fourth-order valence-electron chi connectivity index (χ4n) is 3.23. The summed E-state index contributed by atoms with van der Waals surface area (Å²) in [5.41, 5.74) is 1.71. The number of nitrogens with one attached hydrogen (secondary N) is 2. The number of aliphatic hydroxyl groups excluding tert-OH is 1. The molecule has 2 aromatic carbocycles. The summed E-state index contributed by atoms with van der Waals surface area (Å²) in [5.74, 6) is -0.377. The maximum Gasteiger partial charge on any atom is 0.586 e. The highest BCUT2D eigenvalue weighted by Crippen LogP contribution is 2.42. The molecule has 3 N–H and O–H groups in total. The van der Waals surface area contributed by atoms with Crippen LogP contribution in [0.2, 0.25) is 0 Å². The summed E-state index contributed by atoms with van der Waals surface area (Å²) in [6.07, 6.45) is -3.66. The van der Waals surface area contributed by atoms with Gasteiger partial charge < -0.3 is 25.2 Å². The van der Waals surface area contributed by atoms with Crippen LogP contribution >= 0.6 is 12.4 Å². The van der Waals surface area contributed by atoms with E-state index in [0.717, 1.165) is 6.54 Å². The van der Waals surface area contributed by atoms with E-state index in [1.54, 1.807) is 30.3 Å². The van der Waals surface area contributed by atoms with Crippen LogP contribution in [0.25, 0.3) is 11.1 Å². The van der Waals surface area contributed by atoms with Crippen molar-refractivity contribution in [1.82, 2.24) is 10.6 Å². The van der Waals surface area contributed by atoms with E-state index in [-0.39, 0.29) is 35.9 Å². The van der Waals surface area contributed by atoms with Gasteiger partial charge in [-0.05, 0) is 48.4 Å². The lowest BCUT2D eigenvalue weighted by atomic mass is 10.0. The highest BCUT2D eigenvalue weighted by atomic mass is 35.5.